The summed E-state index contributed by atoms with van der Waals surface area (Å²) in [5.74, 6) is -1.28. The molecule has 1 aliphatic carbocycles. The van der Waals surface area contributed by atoms with E-state index in [1.807, 2.05) is 0 Å². The number of hydrogen-bond acceptors (Lipinski definition) is 3. The number of hydrogen-bond donors (Lipinski definition) is 3. The Hall–Kier alpha value is -3.06. The van der Waals surface area contributed by atoms with Crippen LogP contribution in [-0.4, -0.2) is 27.8 Å². The van der Waals surface area contributed by atoms with Crippen LogP contribution in [0.2, 0.25) is 0 Å². The quantitative estimate of drug-likeness (QED) is 0.641. The number of anilines is 1. The minimum Gasteiger partial charge on any atom is -0.395 e. The molecule has 7 heteroatoms. The largest absolute Gasteiger partial charge is 0.395 e. The van der Waals surface area contributed by atoms with Gasteiger partial charge in [0.25, 0.3) is 0 Å². The zero-order valence-corrected chi connectivity index (χ0v) is 14.3. The first kappa shape index (κ1) is 17.4. The first-order valence-corrected chi connectivity index (χ1v) is 8.54. The number of carbonyl (C=O) groups is 1. The Morgan fingerprint density at radius 1 is 1.22 bits per heavy atom. The van der Waals surface area contributed by atoms with Gasteiger partial charge in [-0.25, -0.2) is 8.78 Å². The molecule has 0 spiro atoms. The summed E-state index contributed by atoms with van der Waals surface area (Å²) in [7, 11) is 0. The fourth-order valence-electron chi connectivity index (χ4n) is 2.89. The highest BCUT2D eigenvalue weighted by molar-refractivity contribution is 6.00. The Kier molecular flexibility index (Phi) is 4.24. The number of H-pyrrole nitrogens is 1. The van der Waals surface area contributed by atoms with Gasteiger partial charge in [0.2, 0.25) is 5.91 Å². The van der Waals surface area contributed by atoms with E-state index in [-0.39, 0.29) is 24.0 Å². The molecule has 2 aromatic carbocycles. The van der Waals surface area contributed by atoms with Crippen molar-refractivity contribution in [2.24, 2.45) is 5.41 Å². The number of rotatable bonds is 5. The number of fused-ring (bicyclic) bond motifs is 1. The van der Waals surface area contributed by atoms with Crippen LogP contribution in [0, 0.1) is 17.0 Å². The standard InChI is InChI=1S/C20H17F2N3O2/c21-13-4-1-12(2-5-13)3-6-16-14-9-18(15(22)10-17(14)25-24-16)23-19(27)20(11-26)7-8-20/h1-6,9-10,26H,7-8,11H2,(H,23,27)(H,24,25). The zero-order valence-electron chi connectivity index (χ0n) is 14.3. The maximum atomic E-state index is 14.3. The monoisotopic (exact) mass is 369 g/mol. The van der Waals surface area contributed by atoms with Gasteiger partial charge in [-0.15, -0.1) is 0 Å². The molecule has 138 valence electrons. The summed E-state index contributed by atoms with van der Waals surface area (Å²) in [6.07, 6.45) is 4.68. The molecule has 5 nitrogen and oxygen atoms in total. The van der Waals surface area contributed by atoms with Gasteiger partial charge < -0.3 is 10.4 Å². The number of aromatic amines is 1. The van der Waals surface area contributed by atoms with Crippen LogP contribution in [-0.2, 0) is 4.79 Å². The molecule has 1 aliphatic rings. The number of aliphatic hydroxyl groups is 1. The smallest absolute Gasteiger partial charge is 0.232 e. The molecular weight excluding hydrogens is 352 g/mol. The lowest BCUT2D eigenvalue weighted by Gasteiger charge is -2.13. The van der Waals surface area contributed by atoms with E-state index in [0.29, 0.717) is 29.4 Å². The van der Waals surface area contributed by atoms with Crippen molar-refractivity contribution in [3.63, 3.8) is 0 Å². The lowest BCUT2D eigenvalue weighted by atomic mass is 10.1. The zero-order chi connectivity index (χ0) is 19.0. The predicted octanol–water partition coefficient (Wildman–Crippen LogP) is 3.72. The van der Waals surface area contributed by atoms with Crippen LogP contribution in [0.3, 0.4) is 0 Å². The van der Waals surface area contributed by atoms with E-state index in [0.717, 1.165) is 5.56 Å². The van der Waals surface area contributed by atoms with Gasteiger partial charge in [0.1, 0.15) is 11.6 Å². The van der Waals surface area contributed by atoms with Crippen molar-refractivity contribution in [3.05, 3.63) is 59.3 Å². The van der Waals surface area contributed by atoms with E-state index in [1.54, 1.807) is 24.3 Å². The normalized spacial score (nSPS) is 15.4. The van der Waals surface area contributed by atoms with Crippen LogP contribution in [0.4, 0.5) is 14.5 Å². The van der Waals surface area contributed by atoms with Gasteiger partial charge in [-0.2, -0.15) is 5.10 Å². The molecule has 3 N–H and O–H groups in total. The van der Waals surface area contributed by atoms with Crippen molar-refractivity contribution < 1.29 is 18.7 Å². The average molecular weight is 369 g/mol. The molecule has 3 aromatic rings. The van der Waals surface area contributed by atoms with Gasteiger partial charge in [-0.1, -0.05) is 18.2 Å². The third-order valence-electron chi connectivity index (χ3n) is 4.87. The van der Waals surface area contributed by atoms with Crippen LogP contribution in [0.15, 0.2) is 36.4 Å². The van der Waals surface area contributed by atoms with Crippen LogP contribution in [0.5, 0.6) is 0 Å². The lowest BCUT2D eigenvalue weighted by Crippen LogP contribution is -2.27. The van der Waals surface area contributed by atoms with E-state index in [2.05, 4.69) is 15.5 Å². The van der Waals surface area contributed by atoms with Crippen molar-refractivity contribution in [1.29, 1.82) is 0 Å². The number of aromatic nitrogens is 2. The molecular formula is C20H17F2N3O2. The minimum absolute atomic E-state index is 0.0463. The molecule has 1 fully saturated rings. The minimum atomic E-state index is -0.789. The van der Waals surface area contributed by atoms with Crippen molar-refractivity contribution >= 4 is 34.6 Å². The number of nitrogens with zero attached hydrogens (tertiary/aromatic N) is 1. The van der Waals surface area contributed by atoms with Gasteiger partial charge in [-0.05, 0) is 42.7 Å². The Morgan fingerprint density at radius 2 is 1.96 bits per heavy atom. The van der Waals surface area contributed by atoms with Gasteiger partial charge >= 0.3 is 0 Å². The Bertz CT molecular complexity index is 1040. The second-order valence-electron chi connectivity index (χ2n) is 6.76. The topological polar surface area (TPSA) is 78.0 Å². The number of carbonyl (C=O) groups excluding carboxylic acids is 1. The number of benzene rings is 2. The predicted molar refractivity (Wildman–Crippen MR) is 98.8 cm³/mol. The molecule has 1 saturated carbocycles. The molecule has 0 bridgehead atoms. The maximum Gasteiger partial charge on any atom is 0.232 e. The molecule has 0 radical (unpaired) electrons. The van der Waals surface area contributed by atoms with Gasteiger partial charge in [0.05, 0.1) is 28.9 Å². The van der Waals surface area contributed by atoms with Gasteiger partial charge in [-0.3, -0.25) is 9.89 Å². The number of nitrogens with one attached hydrogen (secondary N) is 2. The molecule has 1 amide bonds. The summed E-state index contributed by atoms with van der Waals surface area (Å²) < 4.78 is 27.3. The third-order valence-corrected chi connectivity index (χ3v) is 4.87. The fourth-order valence-corrected chi connectivity index (χ4v) is 2.89. The van der Waals surface area contributed by atoms with Gasteiger partial charge in [0, 0.05) is 11.5 Å². The molecule has 0 atom stereocenters. The maximum absolute atomic E-state index is 14.3. The molecule has 0 unspecified atom stereocenters. The fraction of sp³-hybridized carbons (Fsp3) is 0.200. The van der Waals surface area contributed by atoms with Crippen molar-refractivity contribution in [1.82, 2.24) is 10.2 Å². The lowest BCUT2D eigenvalue weighted by molar-refractivity contribution is -0.122. The van der Waals surface area contributed by atoms with Crippen LogP contribution < -0.4 is 5.32 Å². The van der Waals surface area contributed by atoms with E-state index in [4.69, 9.17) is 0 Å². The Labute approximate surface area is 153 Å². The van der Waals surface area contributed by atoms with Crippen LogP contribution in [0.25, 0.3) is 23.1 Å². The molecule has 1 heterocycles. The molecule has 27 heavy (non-hydrogen) atoms. The highest BCUT2D eigenvalue weighted by Crippen LogP contribution is 2.46. The summed E-state index contributed by atoms with van der Waals surface area (Å²) in [4.78, 5) is 12.3. The van der Waals surface area contributed by atoms with E-state index in [9.17, 15) is 18.7 Å². The Morgan fingerprint density at radius 3 is 2.63 bits per heavy atom. The number of halogens is 2. The summed E-state index contributed by atoms with van der Waals surface area (Å²) in [6.45, 7) is -0.250. The summed E-state index contributed by atoms with van der Waals surface area (Å²) in [5.41, 5.74) is 1.11. The highest BCUT2D eigenvalue weighted by atomic mass is 19.1. The van der Waals surface area contributed by atoms with Crippen LogP contribution >= 0.6 is 0 Å². The average Bonchev–Trinajstić information content (AvgIpc) is 3.38. The second-order valence-corrected chi connectivity index (χ2v) is 6.76. The Balaban J connectivity index is 1.63. The highest BCUT2D eigenvalue weighted by Gasteiger charge is 2.49. The third kappa shape index (κ3) is 3.33. The van der Waals surface area contributed by atoms with E-state index < -0.39 is 11.2 Å². The molecule has 0 aliphatic heterocycles. The van der Waals surface area contributed by atoms with Crippen molar-refractivity contribution in [2.75, 3.05) is 11.9 Å². The summed E-state index contributed by atoms with van der Waals surface area (Å²) in [6, 6.07) is 8.78. The first-order valence-electron chi connectivity index (χ1n) is 8.54. The van der Waals surface area contributed by atoms with Crippen LogP contribution in [0.1, 0.15) is 24.1 Å². The molecule has 0 saturated heterocycles. The van der Waals surface area contributed by atoms with E-state index >= 15 is 0 Å². The summed E-state index contributed by atoms with van der Waals surface area (Å²) in [5, 5.41) is 19.5. The molecule has 4 rings (SSSR count). The molecule has 1 aromatic heterocycles. The van der Waals surface area contributed by atoms with Gasteiger partial charge in [0.15, 0.2) is 0 Å². The first-order chi connectivity index (χ1) is 13.0. The number of aliphatic hydroxyl groups excluding tert-OH is 1. The summed E-state index contributed by atoms with van der Waals surface area (Å²) >= 11 is 0. The number of amides is 1. The SMILES string of the molecule is O=C(Nc1cc2c(C=Cc3ccc(F)cc3)n[nH]c2cc1F)C1(CO)CC1. The second kappa shape index (κ2) is 6.59. The van der Waals surface area contributed by atoms with Crippen molar-refractivity contribution in [3.8, 4) is 0 Å². The van der Waals surface area contributed by atoms with E-state index in [1.165, 1.54) is 24.3 Å². The van der Waals surface area contributed by atoms with Crippen molar-refractivity contribution in [2.45, 2.75) is 12.8 Å².